The van der Waals surface area contributed by atoms with Gasteiger partial charge in [-0.2, -0.15) is 0 Å². The van der Waals surface area contributed by atoms with Crippen LogP contribution in [0.1, 0.15) is 41.7 Å². The Balaban J connectivity index is 1.47. The van der Waals surface area contributed by atoms with E-state index in [9.17, 15) is 4.79 Å². The molecule has 0 atom stereocenters. The maximum atomic E-state index is 12.1. The number of carbonyl (C=O) groups is 1. The van der Waals surface area contributed by atoms with Crippen molar-refractivity contribution in [3.8, 4) is 0 Å². The van der Waals surface area contributed by atoms with Gasteiger partial charge in [0.05, 0.1) is 12.2 Å². The van der Waals surface area contributed by atoms with Crippen LogP contribution in [0.3, 0.4) is 0 Å². The lowest BCUT2D eigenvalue weighted by Crippen LogP contribution is -2.43. The van der Waals surface area contributed by atoms with Crippen molar-refractivity contribution in [2.45, 2.75) is 39.2 Å². The predicted octanol–water partition coefficient (Wildman–Crippen LogP) is 2.37. The highest BCUT2D eigenvalue weighted by atomic mass is 16.5. The molecule has 2 aromatic rings. The minimum atomic E-state index is -0.0622. The number of likely N-dealkylation sites (tertiary alicyclic amines) is 1. The van der Waals surface area contributed by atoms with Crippen molar-refractivity contribution in [3.05, 3.63) is 35.0 Å². The van der Waals surface area contributed by atoms with Crippen LogP contribution in [0.2, 0.25) is 0 Å². The van der Waals surface area contributed by atoms with Gasteiger partial charge in [0.1, 0.15) is 17.2 Å². The van der Waals surface area contributed by atoms with E-state index in [2.05, 4.69) is 15.6 Å². The van der Waals surface area contributed by atoms with Crippen LogP contribution in [0.5, 0.6) is 0 Å². The Morgan fingerprint density at radius 1 is 1.27 bits per heavy atom. The van der Waals surface area contributed by atoms with E-state index in [-0.39, 0.29) is 6.03 Å². The standard InChI is InChI=1S/C15H20N4O3/c1-10-7-14(22-17-10)12-3-5-19(6-4-12)15(20)16-9-13-8-11(2)21-18-13/h7-8,12H,3-6,9H2,1-2H3,(H,16,20). The molecule has 3 heterocycles. The Bertz CT molecular complexity index is 641. The summed E-state index contributed by atoms with van der Waals surface area (Å²) < 4.78 is 10.3. The van der Waals surface area contributed by atoms with E-state index in [1.165, 1.54) is 0 Å². The molecule has 0 spiro atoms. The number of hydrogen-bond donors (Lipinski definition) is 1. The van der Waals surface area contributed by atoms with Crippen molar-refractivity contribution in [2.75, 3.05) is 13.1 Å². The molecule has 0 aromatic carbocycles. The van der Waals surface area contributed by atoms with Gasteiger partial charge >= 0.3 is 6.03 Å². The second-order valence-electron chi connectivity index (χ2n) is 5.72. The van der Waals surface area contributed by atoms with Crippen LogP contribution in [0.4, 0.5) is 4.79 Å². The Kier molecular flexibility index (Phi) is 4.13. The number of urea groups is 1. The number of amides is 2. The van der Waals surface area contributed by atoms with Gasteiger partial charge in [0.2, 0.25) is 0 Å². The lowest BCUT2D eigenvalue weighted by atomic mass is 9.94. The minimum absolute atomic E-state index is 0.0622. The van der Waals surface area contributed by atoms with Gasteiger partial charge in [-0.3, -0.25) is 0 Å². The quantitative estimate of drug-likeness (QED) is 0.941. The zero-order valence-corrected chi connectivity index (χ0v) is 12.8. The van der Waals surface area contributed by atoms with Gasteiger partial charge in [-0.15, -0.1) is 0 Å². The third-order valence-electron chi connectivity index (χ3n) is 3.93. The molecule has 1 aliphatic rings. The fourth-order valence-electron chi connectivity index (χ4n) is 2.72. The third kappa shape index (κ3) is 3.29. The smallest absolute Gasteiger partial charge is 0.317 e. The van der Waals surface area contributed by atoms with E-state index >= 15 is 0 Å². The molecule has 0 unspecified atom stereocenters. The van der Waals surface area contributed by atoms with Crippen molar-refractivity contribution < 1.29 is 13.8 Å². The maximum Gasteiger partial charge on any atom is 0.317 e. The maximum absolute atomic E-state index is 12.1. The SMILES string of the molecule is Cc1cc(C2CCN(C(=O)NCc3cc(C)on3)CC2)on1. The molecular weight excluding hydrogens is 284 g/mol. The Hall–Kier alpha value is -2.31. The molecule has 3 rings (SSSR count). The van der Waals surface area contributed by atoms with Crippen LogP contribution in [0.25, 0.3) is 0 Å². The number of nitrogens with zero attached hydrogens (tertiary/aromatic N) is 3. The molecule has 7 heteroatoms. The van der Waals surface area contributed by atoms with E-state index in [0.717, 1.165) is 35.7 Å². The minimum Gasteiger partial charge on any atom is -0.361 e. The first-order chi connectivity index (χ1) is 10.6. The molecule has 22 heavy (non-hydrogen) atoms. The largest absolute Gasteiger partial charge is 0.361 e. The monoisotopic (exact) mass is 304 g/mol. The Labute approximate surface area is 128 Å². The molecule has 0 saturated carbocycles. The van der Waals surface area contributed by atoms with Crippen molar-refractivity contribution in [3.63, 3.8) is 0 Å². The van der Waals surface area contributed by atoms with Gasteiger partial charge in [-0.05, 0) is 26.7 Å². The number of hydrogen-bond acceptors (Lipinski definition) is 5. The Morgan fingerprint density at radius 2 is 2.05 bits per heavy atom. The summed E-state index contributed by atoms with van der Waals surface area (Å²) in [7, 11) is 0. The van der Waals surface area contributed by atoms with E-state index in [4.69, 9.17) is 9.05 Å². The molecule has 1 N–H and O–H groups in total. The van der Waals surface area contributed by atoms with Crippen LogP contribution in [-0.4, -0.2) is 34.3 Å². The van der Waals surface area contributed by atoms with Gasteiger partial charge in [0, 0.05) is 31.1 Å². The fraction of sp³-hybridized carbons (Fsp3) is 0.533. The molecule has 7 nitrogen and oxygen atoms in total. The summed E-state index contributed by atoms with van der Waals surface area (Å²) in [6.45, 7) is 5.56. The molecule has 1 saturated heterocycles. The molecule has 2 aromatic heterocycles. The summed E-state index contributed by atoms with van der Waals surface area (Å²) in [6, 6.07) is 3.74. The summed E-state index contributed by atoms with van der Waals surface area (Å²) in [5.74, 6) is 2.02. The fourth-order valence-corrected chi connectivity index (χ4v) is 2.72. The first-order valence-corrected chi connectivity index (χ1v) is 7.50. The average molecular weight is 304 g/mol. The van der Waals surface area contributed by atoms with Crippen molar-refractivity contribution >= 4 is 6.03 Å². The molecule has 0 aliphatic carbocycles. The lowest BCUT2D eigenvalue weighted by molar-refractivity contribution is 0.175. The second kappa shape index (κ2) is 6.21. The van der Waals surface area contributed by atoms with Crippen LogP contribution in [0, 0.1) is 13.8 Å². The zero-order chi connectivity index (χ0) is 15.5. The average Bonchev–Trinajstić information content (AvgIpc) is 3.13. The van der Waals surface area contributed by atoms with Crippen molar-refractivity contribution in [1.29, 1.82) is 0 Å². The molecule has 118 valence electrons. The summed E-state index contributed by atoms with van der Waals surface area (Å²) in [5.41, 5.74) is 1.64. The van der Waals surface area contributed by atoms with Gasteiger partial charge in [-0.25, -0.2) is 4.79 Å². The molecular formula is C15H20N4O3. The summed E-state index contributed by atoms with van der Waals surface area (Å²) in [4.78, 5) is 14.0. The molecule has 1 fully saturated rings. The first-order valence-electron chi connectivity index (χ1n) is 7.50. The lowest BCUT2D eigenvalue weighted by Gasteiger charge is -2.30. The van der Waals surface area contributed by atoms with Gasteiger partial charge in [0.15, 0.2) is 0 Å². The number of rotatable bonds is 3. The second-order valence-corrected chi connectivity index (χ2v) is 5.72. The normalized spacial score (nSPS) is 16.0. The number of piperidine rings is 1. The van der Waals surface area contributed by atoms with Gasteiger partial charge < -0.3 is 19.3 Å². The van der Waals surface area contributed by atoms with E-state index < -0.39 is 0 Å². The molecule has 0 bridgehead atoms. The van der Waals surface area contributed by atoms with Crippen LogP contribution >= 0.6 is 0 Å². The highest BCUT2D eigenvalue weighted by molar-refractivity contribution is 5.74. The Morgan fingerprint density at radius 3 is 2.64 bits per heavy atom. The molecule has 2 amide bonds. The van der Waals surface area contributed by atoms with Crippen LogP contribution in [0.15, 0.2) is 21.2 Å². The van der Waals surface area contributed by atoms with Crippen LogP contribution < -0.4 is 5.32 Å². The first kappa shape index (κ1) is 14.6. The van der Waals surface area contributed by atoms with Gasteiger partial charge in [-0.1, -0.05) is 10.3 Å². The summed E-state index contributed by atoms with van der Waals surface area (Å²) in [5, 5.41) is 10.7. The van der Waals surface area contributed by atoms with E-state index in [1.807, 2.05) is 30.9 Å². The molecule has 1 aliphatic heterocycles. The summed E-state index contributed by atoms with van der Waals surface area (Å²) >= 11 is 0. The zero-order valence-electron chi connectivity index (χ0n) is 12.8. The highest BCUT2D eigenvalue weighted by Crippen LogP contribution is 2.28. The predicted molar refractivity (Wildman–Crippen MR) is 78.3 cm³/mol. The molecule has 0 radical (unpaired) electrons. The number of nitrogens with one attached hydrogen (secondary N) is 1. The summed E-state index contributed by atoms with van der Waals surface area (Å²) in [6.07, 6.45) is 1.79. The van der Waals surface area contributed by atoms with E-state index in [1.54, 1.807) is 0 Å². The third-order valence-corrected chi connectivity index (χ3v) is 3.93. The van der Waals surface area contributed by atoms with Crippen molar-refractivity contribution in [1.82, 2.24) is 20.5 Å². The number of aromatic nitrogens is 2. The van der Waals surface area contributed by atoms with Crippen LogP contribution in [-0.2, 0) is 6.54 Å². The number of carbonyl (C=O) groups excluding carboxylic acids is 1. The van der Waals surface area contributed by atoms with Crippen molar-refractivity contribution in [2.24, 2.45) is 0 Å². The highest BCUT2D eigenvalue weighted by Gasteiger charge is 2.26. The number of aryl methyl sites for hydroxylation is 2. The topological polar surface area (TPSA) is 84.4 Å². The van der Waals surface area contributed by atoms with E-state index in [0.29, 0.717) is 25.6 Å². The van der Waals surface area contributed by atoms with Gasteiger partial charge in [0.25, 0.3) is 0 Å².